The molecule has 0 aliphatic rings. The minimum Gasteiger partial charge on any atom is -0.497 e. The molecule has 1 heterocycles. The van der Waals surface area contributed by atoms with E-state index in [1.807, 2.05) is 24.3 Å². The molecule has 6 nitrogen and oxygen atoms in total. The number of amides is 1. The van der Waals surface area contributed by atoms with Crippen molar-refractivity contribution in [2.75, 3.05) is 17.7 Å². The van der Waals surface area contributed by atoms with Crippen LogP contribution < -0.4 is 15.4 Å². The van der Waals surface area contributed by atoms with Crippen LogP contribution in [0.25, 0.3) is 0 Å². The number of nitrogens with one attached hydrogen (secondary N) is 2. The smallest absolute Gasteiger partial charge is 0.258 e. The number of hydrogen-bond acceptors (Lipinski definition) is 5. The van der Waals surface area contributed by atoms with E-state index in [4.69, 9.17) is 4.74 Å². The van der Waals surface area contributed by atoms with Gasteiger partial charge in [0.25, 0.3) is 5.91 Å². The van der Waals surface area contributed by atoms with Gasteiger partial charge in [0.1, 0.15) is 5.75 Å². The standard InChI is InChI=1S/C19H15F3N4O2/c1-28-13-4-2-11(3-5-13)8-23-19-24-9-12(10-25-19)18(27)26-15-7-6-14(20)16(21)17(15)22/h2-7,9-10H,8H2,1H3,(H,26,27)(H,23,24,25). The topological polar surface area (TPSA) is 76.1 Å². The summed E-state index contributed by atoms with van der Waals surface area (Å²) in [6, 6.07) is 9.05. The maximum atomic E-state index is 13.6. The van der Waals surface area contributed by atoms with Crippen molar-refractivity contribution in [3.8, 4) is 5.75 Å². The predicted molar refractivity (Wildman–Crippen MR) is 96.6 cm³/mol. The number of carbonyl (C=O) groups is 1. The first-order chi connectivity index (χ1) is 13.5. The minimum absolute atomic E-state index is 0.0270. The van der Waals surface area contributed by atoms with Crippen LogP contribution in [0.1, 0.15) is 15.9 Å². The van der Waals surface area contributed by atoms with Crippen LogP contribution in [0.2, 0.25) is 0 Å². The van der Waals surface area contributed by atoms with Gasteiger partial charge in [0.15, 0.2) is 17.5 Å². The largest absolute Gasteiger partial charge is 0.497 e. The molecule has 1 amide bonds. The molecule has 0 saturated carbocycles. The molecule has 144 valence electrons. The summed E-state index contributed by atoms with van der Waals surface area (Å²) in [5, 5.41) is 5.14. The fourth-order valence-corrected chi connectivity index (χ4v) is 2.28. The van der Waals surface area contributed by atoms with Crippen molar-refractivity contribution in [1.82, 2.24) is 9.97 Å². The van der Waals surface area contributed by atoms with Crippen molar-refractivity contribution in [1.29, 1.82) is 0 Å². The van der Waals surface area contributed by atoms with E-state index in [1.54, 1.807) is 7.11 Å². The van der Waals surface area contributed by atoms with Crippen LogP contribution in [-0.2, 0) is 6.54 Å². The first-order valence-corrected chi connectivity index (χ1v) is 8.11. The lowest BCUT2D eigenvalue weighted by Crippen LogP contribution is -2.15. The highest BCUT2D eigenvalue weighted by atomic mass is 19.2. The molecule has 1 aromatic heterocycles. The van der Waals surface area contributed by atoms with Gasteiger partial charge in [-0.3, -0.25) is 4.79 Å². The summed E-state index contributed by atoms with van der Waals surface area (Å²) in [7, 11) is 1.58. The second-order valence-corrected chi connectivity index (χ2v) is 5.67. The molecule has 0 fully saturated rings. The lowest BCUT2D eigenvalue weighted by molar-refractivity contribution is 0.102. The average molecular weight is 388 g/mol. The molecule has 2 N–H and O–H groups in total. The van der Waals surface area contributed by atoms with Crippen LogP contribution in [0.15, 0.2) is 48.8 Å². The molecule has 9 heteroatoms. The molecule has 0 saturated heterocycles. The number of ether oxygens (including phenoxy) is 1. The Balaban J connectivity index is 1.61. The lowest BCUT2D eigenvalue weighted by Gasteiger charge is -2.08. The van der Waals surface area contributed by atoms with E-state index < -0.39 is 29.0 Å². The van der Waals surface area contributed by atoms with Gasteiger partial charge >= 0.3 is 0 Å². The molecule has 0 aliphatic heterocycles. The molecule has 0 aliphatic carbocycles. The van der Waals surface area contributed by atoms with Crippen LogP contribution in [0.4, 0.5) is 24.8 Å². The third-order valence-corrected chi connectivity index (χ3v) is 3.81. The number of nitrogens with zero attached hydrogens (tertiary/aromatic N) is 2. The molecule has 3 rings (SSSR count). The minimum atomic E-state index is -1.66. The van der Waals surface area contributed by atoms with E-state index in [-0.39, 0.29) is 11.5 Å². The number of methoxy groups -OCH3 is 1. The monoisotopic (exact) mass is 388 g/mol. The third-order valence-electron chi connectivity index (χ3n) is 3.81. The zero-order chi connectivity index (χ0) is 20.1. The molecule has 28 heavy (non-hydrogen) atoms. The van der Waals surface area contributed by atoms with Crippen molar-refractivity contribution in [3.63, 3.8) is 0 Å². The molecule has 0 bridgehead atoms. The van der Waals surface area contributed by atoms with Gasteiger partial charge in [-0.15, -0.1) is 0 Å². The zero-order valence-electron chi connectivity index (χ0n) is 14.7. The second kappa shape index (κ2) is 8.38. The summed E-state index contributed by atoms with van der Waals surface area (Å²) in [4.78, 5) is 20.1. The van der Waals surface area contributed by atoms with E-state index in [9.17, 15) is 18.0 Å². The van der Waals surface area contributed by atoms with E-state index in [0.29, 0.717) is 6.54 Å². The maximum Gasteiger partial charge on any atom is 0.258 e. The van der Waals surface area contributed by atoms with Gasteiger partial charge < -0.3 is 15.4 Å². The molecule has 3 aromatic rings. The number of rotatable bonds is 6. The summed E-state index contributed by atoms with van der Waals surface area (Å²) in [6.07, 6.45) is 2.47. The molecular formula is C19H15F3N4O2. The van der Waals surface area contributed by atoms with Gasteiger partial charge in [0, 0.05) is 18.9 Å². The number of hydrogen-bond donors (Lipinski definition) is 2. The van der Waals surface area contributed by atoms with Crippen LogP contribution in [0.5, 0.6) is 5.75 Å². The average Bonchev–Trinajstić information content (AvgIpc) is 2.73. The molecule has 0 atom stereocenters. The summed E-state index contributed by atoms with van der Waals surface area (Å²) in [5.74, 6) is -4.21. The number of anilines is 2. The first kappa shape index (κ1) is 19.2. The summed E-state index contributed by atoms with van der Waals surface area (Å²) < 4.78 is 44.9. The van der Waals surface area contributed by atoms with Crippen molar-refractivity contribution in [2.24, 2.45) is 0 Å². The molecule has 0 radical (unpaired) electrons. The van der Waals surface area contributed by atoms with E-state index in [0.717, 1.165) is 23.4 Å². The van der Waals surface area contributed by atoms with Gasteiger partial charge in [-0.2, -0.15) is 0 Å². The van der Waals surface area contributed by atoms with Gasteiger partial charge in [0.05, 0.1) is 18.4 Å². The number of aromatic nitrogens is 2. The van der Waals surface area contributed by atoms with Crippen LogP contribution in [-0.4, -0.2) is 23.0 Å². The SMILES string of the molecule is COc1ccc(CNc2ncc(C(=O)Nc3ccc(F)c(F)c3F)cn2)cc1. The van der Waals surface area contributed by atoms with Crippen molar-refractivity contribution in [2.45, 2.75) is 6.54 Å². The van der Waals surface area contributed by atoms with Crippen molar-refractivity contribution >= 4 is 17.5 Å². The predicted octanol–water partition coefficient (Wildman–Crippen LogP) is 3.77. The number of halogens is 3. The van der Waals surface area contributed by atoms with Crippen molar-refractivity contribution < 1.29 is 22.7 Å². The highest BCUT2D eigenvalue weighted by molar-refractivity contribution is 6.03. The van der Waals surface area contributed by atoms with Crippen molar-refractivity contribution in [3.05, 3.63) is 77.4 Å². The normalized spacial score (nSPS) is 10.4. The highest BCUT2D eigenvalue weighted by Crippen LogP contribution is 2.20. The fraction of sp³-hybridized carbons (Fsp3) is 0.105. The Morgan fingerprint density at radius 3 is 2.32 bits per heavy atom. The fourth-order valence-electron chi connectivity index (χ4n) is 2.28. The Bertz CT molecular complexity index is 980. The lowest BCUT2D eigenvalue weighted by atomic mass is 10.2. The van der Waals surface area contributed by atoms with Crippen LogP contribution >= 0.6 is 0 Å². The number of carbonyl (C=O) groups excluding carboxylic acids is 1. The van der Waals surface area contributed by atoms with E-state index >= 15 is 0 Å². The molecular weight excluding hydrogens is 373 g/mol. The number of benzene rings is 2. The highest BCUT2D eigenvalue weighted by Gasteiger charge is 2.16. The Kier molecular flexibility index (Phi) is 5.73. The second-order valence-electron chi connectivity index (χ2n) is 5.67. The Morgan fingerprint density at radius 1 is 1.00 bits per heavy atom. The van der Waals surface area contributed by atoms with Crippen LogP contribution in [0.3, 0.4) is 0 Å². The zero-order valence-corrected chi connectivity index (χ0v) is 14.7. The van der Waals surface area contributed by atoms with Crippen LogP contribution in [0, 0.1) is 17.5 Å². The van der Waals surface area contributed by atoms with E-state index in [2.05, 4.69) is 20.6 Å². The Morgan fingerprint density at radius 2 is 1.68 bits per heavy atom. The first-order valence-electron chi connectivity index (χ1n) is 8.11. The molecule has 0 unspecified atom stereocenters. The van der Waals surface area contributed by atoms with E-state index in [1.165, 1.54) is 12.4 Å². The summed E-state index contributed by atoms with van der Waals surface area (Å²) in [6.45, 7) is 0.454. The quantitative estimate of drug-likeness (QED) is 0.629. The molecule has 0 spiro atoms. The molecule has 2 aromatic carbocycles. The van der Waals surface area contributed by atoms with Gasteiger partial charge in [0.2, 0.25) is 5.95 Å². The maximum absolute atomic E-state index is 13.6. The summed E-state index contributed by atoms with van der Waals surface area (Å²) in [5.41, 5.74) is 0.518. The Labute approximate surface area is 158 Å². The summed E-state index contributed by atoms with van der Waals surface area (Å²) >= 11 is 0. The van der Waals surface area contributed by atoms with Gasteiger partial charge in [-0.25, -0.2) is 23.1 Å². The van der Waals surface area contributed by atoms with Gasteiger partial charge in [-0.05, 0) is 29.8 Å². The Hall–Kier alpha value is -3.62. The third kappa shape index (κ3) is 4.37. The van der Waals surface area contributed by atoms with Gasteiger partial charge in [-0.1, -0.05) is 12.1 Å².